The van der Waals surface area contributed by atoms with E-state index in [1.807, 2.05) is 18.2 Å². The van der Waals surface area contributed by atoms with Crippen LogP contribution in [0.2, 0.25) is 0 Å². The third-order valence-electron chi connectivity index (χ3n) is 4.88. The molecule has 0 saturated heterocycles. The second kappa shape index (κ2) is 7.76. The van der Waals surface area contributed by atoms with Crippen LogP contribution in [-0.2, 0) is 18.4 Å². The van der Waals surface area contributed by atoms with Gasteiger partial charge in [-0.2, -0.15) is 11.3 Å². The maximum atomic E-state index is 12.7. The Balaban J connectivity index is 1.59. The minimum absolute atomic E-state index is 0.0415. The molecule has 0 fully saturated rings. The van der Waals surface area contributed by atoms with Crippen LogP contribution in [0.25, 0.3) is 10.9 Å². The molecule has 136 valence electrons. The first-order valence-corrected chi connectivity index (χ1v) is 9.88. The topological polar surface area (TPSA) is 46.9 Å². The van der Waals surface area contributed by atoms with Gasteiger partial charge in [-0.25, -0.2) is 0 Å². The van der Waals surface area contributed by atoms with E-state index in [1.165, 1.54) is 22.0 Å². The molecule has 1 unspecified atom stereocenters. The Hall–Kier alpha value is -2.92. The summed E-state index contributed by atoms with van der Waals surface area (Å²) < 4.78 is 2.14. The highest BCUT2D eigenvalue weighted by molar-refractivity contribution is 7.08. The normalized spacial score (nSPS) is 12.2. The van der Waals surface area contributed by atoms with Crippen LogP contribution in [0.1, 0.15) is 29.0 Å². The largest absolute Gasteiger partial charge is 0.352 e. The number of carbonyl (C=O) groups excluding carboxylic acids is 1. The number of carbonyl (C=O) groups is 1. The smallest absolute Gasteiger partial charge is 0.221 e. The van der Waals surface area contributed by atoms with Gasteiger partial charge in [0.15, 0.2) is 0 Å². The minimum Gasteiger partial charge on any atom is -0.352 e. The van der Waals surface area contributed by atoms with Crippen molar-refractivity contribution in [2.75, 3.05) is 0 Å². The van der Waals surface area contributed by atoms with Crippen LogP contribution in [0.3, 0.4) is 0 Å². The first-order chi connectivity index (χ1) is 13.2. The van der Waals surface area contributed by atoms with E-state index >= 15 is 0 Å². The molecule has 1 amide bonds. The summed E-state index contributed by atoms with van der Waals surface area (Å²) in [4.78, 5) is 16.7. The summed E-state index contributed by atoms with van der Waals surface area (Å²) in [5.74, 6) is 0.0933. The van der Waals surface area contributed by atoms with Gasteiger partial charge in [-0.05, 0) is 51.7 Å². The molecule has 0 bridgehead atoms. The molecule has 1 aromatic carbocycles. The maximum Gasteiger partial charge on any atom is 0.221 e. The van der Waals surface area contributed by atoms with Gasteiger partial charge in [0.2, 0.25) is 5.91 Å². The van der Waals surface area contributed by atoms with Crippen LogP contribution in [0.4, 0.5) is 0 Å². The number of aryl methyl sites for hydroxylation is 1. The fourth-order valence-electron chi connectivity index (χ4n) is 3.49. The van der Waals surface area contributed by atoms with Crippen LogP contribution in [0.15, 0.2) is 71.8 Å². The van der Waals surface area contributed by atoms with Crippen molar-refractivity contribution in [3.8, 4) is 0 Å². The third kappa shape index (κ3) is 3.78. The van der Waals surface area contributed by atoms with Gasteiger partial charge in [0.05, 0.1) is 0 Å². The van der Waals surface area contributed by atoms with E-state index in [1.54, 1.807) is 23.7 Å². The number of rotatable bonds is 6. The molecule has 0 spiro atoms. The van der Waals surface area contributed by atoms with Gasteiger partial charge in [0, 0.05) is 55.4 Å². The van der Waals surface area contributed by atoms with E-state index in [2.05, 4.69) is 63.1 Å². The number of benzene rings is 1. The number of para-hydroxylation sites is 1. The zero-order valence-electron chi connectivity index (χ0n) is 15.1. The Morgan fingerprint density at radius 1 is 1.19 bits per heavy atom. The molecule has 5 heteroatoms. The van der Waals surface area contributed by atoms with Gasteiger partial charge in [-0.3, -0.25) is 9.78 Å². The van der Waals surface area contributed by atoms with Crippen LogP contribution in [-0.4, -0.2) is 15.5 Å². The van der Waals surface area contributed by atoms with E-state index in [9.17, 15) is 4.79 Å². The average molecular weight is 375 g/mol. The lowest BCUT2D eigenvalue weighted by atomic mass is 9.89. The summed E-state index contributed by atoms with van der Waals surface area (Å²) in [6.07, 6.45) is 6.07. The number of amides is 1. The van der Waals surface area contributed by atoms with Crippen molar-refractivity contribution in [2.24, 2.45) is 7.05 Å². The van der Waals surface area contributed by atoms with E-state index in [4.69, 9.17) is 0 Å². The summed E-state index contributed by atoms with van der Waals surface area (Å²) in [6, 6.07) is 14.3. The zero-order valence-corrected chi connectivity index (χ0v) is 15.9. The molecular weight excluding hydrogens is 354 g/mol. The summed E-state index contributed by atoms with van der Waals surface area (Å²) in [5.41, 5.74) is 4.63. The van der Waals surface area contributed by atoms with Gasteiger partial charge in [0.25, 0.3) is 0 Å². The van der Waals surface area contributed by atoms with Gasteiger partial charge < -0.3 is 9.88 Å². The van der Waals surface area contributed by atoms with Crippen molar-refractivity contribution in [2.45, 2.75) is 18.9 Å². The molecule has 0 aliphatic heterocycles. The lowest BCUT2D eigenvalue weighted by molar-refractivity contribution is -0.121. The maximum absolute atomic E-state index is 12.7. The SMILES string of the molecule is Cn1cc(C(CC(=O)NCc2ccncc2)c2ccsc2)c2ccccc21. The molecule has 1 atom stereocenters. The van der Waals surface area contributed by atoms with E-state index < -0.39 is 0 Å². The molecule has 0 saturated carbocycles. The summed E-state index contributed by atoms with van der Waals surface area (Å²) >= 11 is 1.67. The summed E-state index contributed by atoms with van der Waals surface area (Å²) in [5, 5.41) is 8.47. The lowest BCUT2D eigenvalue weighted by Gasteiger charge is -2.16. The second-order valence-electron chi connectivity index (χ2n) is 6.66. The number of fused-ring (bicyclic) bond motifs is 1. The number of nitrogens with one attached hydrogen (secondary N) is 1. The lowest BCUT2D eigenvalue weighted by Crippen LogP contribution is -2.24. The quantitative estimate of drug-likeness (QED) is 0.540. The Kier molecular flexibility index (Phi) is 5.03. The first-order valence-electron chi connectivity index (χ1n) is 8.94. The number of hydrogen-bond acceptors (Lipinski definition) is 3. The molecule has 4 rings (SSSR count). The predicted molar refractivity (Wildman–Crippen MR) is 110 cm³/mol. The predicted octanol–water partition coefficient (Wildman–Crippen LogP) is 4.47. The fourth-order valence-corrected chi connectivity index (χ4v) is 4.20. The van der Waals surface area contributed by atoms with Crippen LogP contribution in [0, 0.1) is 0 Å². The fraction of sp³-hybridized carbons (Fsp3) is 0.182. The van der Waals surface area contributed by atoms with E-state index in [0.717, 1.165) is 5.56 Å². The standard InChI is InChI=1S/C22H21N3OS/c1-25-14-20(18-4-2-3-5-21(18)25)19(17-8-11-27-15-17)12-22(26)24-13-16-6-9-23-10-7-16/h2-11,14-15,19H,12-13H2,1H3,(H,24,26). The molecule has 0 radical (unpaired) electrons. The van der Waals surface area contributed by atoms with Crippen LogP contribution < -0.4 is 5.32 Å². The van der Waals surface area contributed by atoms with Crippen molar-refractivity contribution in [1.82, 2.24) is 14.9 Å². The number of nitrogens with zero attached hydrogens (tertiary/aromatic N) is 2. The first kappa shape index (κ1) is 17.5. The van der Waals surface area contributed by atoms with E-state index in [-0.39, 0.29) is 11.8 Å². The number of thiophene rings is 1. The van der Waals surface area contributed by atoms with Gasteiger partial charge in [0.1, 0.15) is 0 Å². The molecule has 3 heterocycles. The van der Waals surface area contributed by atoms with Crippen molar-refractivity contribution in [3.63, 3.8) is 0 Å². The molecule has 4 aromatic rings. The monoisotopic (exact) mass is 375 g/mol. The van der Waals surface area contributed by atoms with Crippen molar-refractivity contribution in [1.29, 1.82) is 0 Å². The van der Waals surface area contributed by atoms with Gasteiger partial charge in [-0.15, -0.1) is 0 Å². The Morgan fingerprint density at radius 2 is 2.00 bits per heavy atom. The molecule has 1 N–H and O–H groups in total. The average Bonchev–Trinajstić information content (AvgIpc) is 3.34. The number of hydrogen-bond donors (Lipinski definition) is 1. The zero-order chi connectivity index (χ0) is 18.6. The molecule has 27 heavy (non-hydrogen) atoms. The third-order valence-corrected chi connectivity index (χ3v) is 5.58. The molecule has 0 aliphatic rings. The molecule has 4 nitrogen and oxygen atoms in total. The molecule has 0 aliphatic carbocycles. The van der Waals surface area contributed by atoms with Crippen molar-refractivity contribution in [3.05, 3.63) is 88.5 Å². The number of aromatic nitrogens is 2. The minimum atomic E-state index is 0.0415. The Morgan fingerprint density at radius 3 is 2.78 bits per heavy atom. The van der Waals surface area contributed by atoms with Crippen LogP contribution >= 0.6 is 11.3 Å². The Bertz CT molecular complexity index is 1040. The number of pyridine rings is 1. The van der Waals surface area contributed by atoms with Crippen molar-refractivity contribution < 1.29 is 4.79 Å². The van der Waals surface area contributed by atoms with Crippen molar-refractivity contribution >= 4 is 28.1 Å². The highest BCUT2D eigenvalue weighted by Crippen LogP contribution is 2.35. The molecular formula is C22H21N3OS. The van der Waals surface area contributed by atoms with Crippen LogP contribution in [0.5, 0.6) is 0 Å². The second-order valence-corrected chi connectivity index (χ2v) is 7.44. The van der Waals surface area contributed by atoms with E-state index in [0.29, 0.717) is 13.0 Å². The highest BCUT2D eigenvalue weighted by Gasteiger charge is 2.22. The van der Waals surface area contributed by atoms with Gasteiger partial charge in [-0.1, -0.05) is 18.2 Å². The molecule has 3 aromatic heterocycles. The summed E-state index contributed by atoms with van der Waals surface area (Å²) in [6.45, 7) is 0.521. The highest BCUT2D eigenvalue weighted by atomic mass is 32.1. The summed E-state index contributed by atoms with van der Waals surface area (Å²) in [7, 11) is 2.06. The van der Waals surface area contributed by atoms with Gasteiger partial charge >= 0.3 is 0 Å². The Labute approximate surface area is 162 Å².